The number of hydrogen-bond donors (Lipinski definition) is 0. The fraction of sp³-hybridized carbons (Fsp3) is 0.333. The highest BCUT2D eigenvalue weighted by Crippen LogP contribution is 2.33. The van der Waals surface area contributed by atoms with Crippen LogP contribution in [0.5, 0.6) is 0 Å². The molecular weight excluding hydrogens is 479 g/mol. The Morgan fingerprint density at radius 2 is 1.50 bits per heavy atom. The normalized spacial score (nSPS) is 14.2. The zero-order valence-corrected chi connectivity index (χ0v) is 24.5. The first-order valence-corrected chi connectivity index (χ1v) is 20.1. The summed E-state index contributed by atoms with van der Waals surface area (Å²) in [5.74, 6) is 0.0199. The Kier molecular flexibility index (Phi) is 6.99. The van der Waals surface area contributed by atoms with Gasteiger partial charge in [-0.15, -0.1) is 0 Å². The molecule has 1 unspecified atom stereocenters. The maximum atomic E-state index is 13.2. The van der Waals surface area contributed by atoms with Crippen LogP contribution in [0.3, 0.4) is 0 Å². The number of hydrogen-bond acceptors (Lipinski definition) is 3. The third-order valence-corrected chi connectivity index (χ3v) is 23.4. The molecule has 4 rings (SSSR count). The summed E-state index contributed by atoms with van der Waals surface area (Å²) in [5.41, 5.74) is 3.80. The number of aryl methyl sites for hydroxylation is 1. The van der Waals surface area contributed by atoms with Crippen molar-refractivity contribution in [1.82, 2.24) is 4.57 Å². The van der Waals surface area contributed by atoms with E-state index in [2.05, 4.69) is 68.5 Å². The summed E-state index contributed by atoms with van der Waals surface area (Å²) in [4.78, 5) is 25.4. The lowest BCUT2D eigenvalue weighted by Gasteiger charge is -2.41. The SMILES string of the molecule is CCn1c2ccc(CC(C)(C=O)O[Si](C)(C)[Si](C)(C)C)cc2c2cc(C(=O)c3ccccc3)ccc21. The first kappa shape index (κ1) is 26.3. The largest absolute Gasteiger partial charge is 0.408 e. The molecule has 0 saturated carbocycles. The second kappa shape index (κ2) is 9.58. The maximum Gasteiger partial charge on any atom is 0.193 e. The van der Waals surface area contributed by atoms with Gasteiger partial charge in [-0.2, -0.15) is 0 Å². The molecule has 1 heterocycles. The van der Waals surface area contributed by atoms with Crippen molar-refractivity contribution in [2.45, 2.75) is 65.1 Å². The minimum Gasteiger partial charge on any atom is -0.408 e. The van der Waals surface area contributed by atoms with E-state index in [1.54, 1.807) is 0 Å². The second-order valence-corrected chi connectivity index (χ2v) is 27.3. The number of rotatable bonds is 9. The van der Waals surface area contributed by atoms with Crippen LogP contribution in [0.2, 0.25) is 32.7 Å². The molecule has 0 fully saturated rings. The van der Waals surface area contributed by atoms with E-state index >= 15 is 0 Å². The third-order valence-electron chi connectivity index (χ3n) is 7.64. The molecule has 0 N–H and O–H groups in total. The molecule has 1 aromatic heterocycles. The molecule has 0 bridgehead atoms. The molecule has 3 aromatic carbocycles. The average molecular weight is 516 g/mol. The van der Waals surface area contributed by atoms with Crippen molar-refractivity contribution >= 4 is 49.3 Å². The predicted octanol–water partition coefficient (Wildman–Crippen LogP) is 7.18. The lowest BCUT2D eigenvalue weighted by atomic mass is 9.96. The van der Waals surface area contributed by atoms with Gasteiger partial charge < -0.3 is 13.8 Å². The van der Waals surface area contributed by atoms with Crippen LogP contribution in [0, 0.1) is 0 Å². The molecule has 0 aliphatic rings. The number of nitrogens with zero attached hydrogens (tertiary/aromatic N) is 1. The van der Waals surface area contributed by atoms with Crippen molar-refractivity contribution in [3.8, 4) is 0 Å². The van der Waals surface area contributed by atoms with Crippen LogP contribution in [0.1, 0.15) is 35.3 Å². The fourth-order valence-corrected chi connectivity index (χ4v) is 7.95. The van der Waals surface area contributed by atoms with Crippen LogP contribution in [0.15, 0.2) is 66.7 Å². The van der Waals surface area contributed by atoms with E-state index in [0.29, 0.717) is 17.5 Å². The number of aromatic nitrogens is 1. The van der Waals surface area contributed by atoms with E-state index in [9.17, 15) is 9.59 Å². The molecule has 0 aliphatic heterocycles. The molecule has 4 aromatic rings. The quantitative estimate of drug-likeness (QED) is 0.135. The molecule has 0 aliphatic carbocycles. The maximum absolute atomic E-state index is 13.2. The lowest BCUT2D eigenvalue weighted by molar-refractivity contribution is -0.120. The van der Waals surface area contributed by atoms with Crippen LogP contribution in [0.25, 0.3) is 21.8 Å². The second-order valence-electron chi connectivity index (χ2n) is 11.5. The van der Waals surface area contributed by atoms with E-state index in [4.69, 9.17) is 4.43 Å². The molecule has 0 radical (unpaired) electrons. The highest BCUT2D eigenvalue weighted by Gasteiger charge is 2.44. The lowest BCUT2D eigenvalue weighted by Crippen LogP contribution is -2.59. The van der Waals surface area contributed by atoms with Gasteiger partial charge in [0, 0.05) is 45.9 Å². The summed E-state index contributed by atoms with van der Waals surface area (Å²) in [6.07, 6.45) is 1.51. The van der Waals surface area contributed by atoms with Gasteiger partial charge in [0.15, 0.2) is 19.9 Å². The Bertz CT molecular complexity index is 1430. The van der Waals surface area contributed by atoms with E-state index < -0.39 is 21.0 Å². The van der Waals surface area contributed by atoms with Gasteiger partial charge in [-0.25, -0.2) is 0 Å². The first-order valence-electron chi connectivity index (χ1n) is 12.7. The highest BCUT2D eigenvalue weighted by molar-refractivity contribution is 7.37. The van der Waals surface area contributed by atoms with Gasteiger partial charge in [0.05, 0.1) is 7.59 Å². The Hall–Kier alpha value is -2.81. The van der Waals surface area contributed by atoms with Gasteiger partial charge in [-0.1, -0.05) is 56.0 Å². The monoisotopic (exact) mass is 515 g/mol. The number of aldehydes is 1. The fourth-order valence-electron chi connectivity index (χ4n) is 4.74. The zero-order valence-electron chi connectivity index (χ0n) is 22.5. The number of fused-ring (bicyclic) bond motifs is 3. The number of carbonyl (C=O) groups is 2. The smallest absolute Gasteiger partial charge is 0.193 e. The van der Waals surface area contributed by atoms with Crippen molar-refractivity contribution in [3.05, 3.63) is 83.4 Å². The standard InChI is InChI=1S/C30H37NO3Si2/c1-8-31-27-16-14-22(20-30(2,21-32)34-36(6,7)35(3,4)5)18-25(27)26-19-24(15-17-28(26)31)29(33)23-12-10-9-11-13-23/h9-19,21H,8,20H2,1-7H3. The van der Waals surface area contributed by atoms with Crippen LogP contribution < -0.4 is 0 Å². The van der Waals surface area contributed by atoms with Gasteiger partial charge in [-0.3, -0.25) is 4.79 Å². The average Bonchev–Trinajstić information content (AvgIpc) is 3.15. The van der Waals surface area contributed by atoms with E-state index in [1.165, 1.54) is 0 Å². The Balaban J connectivity index is 1.78. The van der Waals surface area contributed by atoms with Crippen molar-refractivity contribution < 1.29 is 14.0 Å². The van der Waals surface area contributed by atoms with Crippen LogP contribution in [0.4, 0.5) is 0 Å². The molecular formula is C30H37NO3Si2. The van der Waals surface area contributed by atoms with E-state index in [-0.39, 0.29) is 5.78 Å². The van der Waals surface area contributed by atoms with Gasteiger partial charge >= 0.3 is 0 Å². The zero-order chi connectivity index (χ0) is 26.3. The molecule has 0 spiro atoms. The van der Waals surface area contributed by atoms with E-state index in [0.717, 1.165) is 40.2 Å². The van der Waals surface area contributed by atoms with Gasteiger partial charge in [0.1, 0.15) is 5.60 Å². The van der Waals surface area contributed by atoms with Gasteiger partial charge in [-0.05, 0) is 62.8 Å². The number of carbonyl (C=O) groups excluding carboxylic acids is 2. The topological polar surface area (TPSA) is 48.3 Å². The summed E-state index contributed by atoms with van der Waals surface area (Å²) in [6.45, 7) is 16.3. The van der Waals surface area contributed by atoms with Crippen molar-refractivity contribution in [2.24, 2.45) is 0 Å². The summed E-state index contributed by atoms with van der Waals surface area (Å²) in [6, 6.07) is 21.8. The summed E-state index contributed by atoms with van der Waals surface area (Å²) in [5, 5.41) is 2.16. The molecule has 1 atom stereocenters. The van der Waals surface area contributed by atoms with Crippen LogP contribution >= 0.6 is 0 Å². The Labute approximate surface area is 216 Å². The van der Waals surface area contributed by atoms with E-state index in [1.807, 2.05) is 49.4 Å². The molecule has 4 nitrogen and oxygen atoms in total. The predicted molar refractivity (Wildman–Crippen MR) is 155 cm³/mol. The van der Waals surface area contributed by atoms with Crippen molar-refractivity contribution in [1.29, 1.82) is 0 Å². The molecule has 188 valence electrons. The Morgan fingerprint density at radius 1 is 0.889 bits per heavy atom. The molecule has 0 amide bonds. The highest BCUT2D eigenvalue weighted by atomic mass is 29.3. The minimum atomic E-state index is -2.00. The van der Waals surface area contributed by atoms with Crippen LogP contribution in [-0.2, 0) is 22.2 Å². The van der Waals surface area contributed by atoms with Crippen LogP contribution in [-0.4, -0.2) is 37.7 Å². The summed E-state index contributed by atoms with van der Waals surface area (Å²) >= 11 is 0. The van der Waals surface area contributed by atoms with Gasteiger partial charge in [0.25, 0.3) is 0 Å². The van der Waals surface area contributed by atoms with Gasteiger partial charge in [0.2, 0.25) is 0 Å². The molecule has 36 heavy (non-hydrogen) atoms. The van der Waals surface area contributed by atoms with Crippen molar-refractivity contribution in [3.63, 3.8) is 0 Å². The number of benzene rings is 3. The Morgan fingerprint density at radius 3 is 2.08 bits per heavy atom. The number of ketones is 1. The molecule has 6 heteroatoms. The third kappa shape index (κ3) is 4.90. The minimum absolute atomic E-state index is 0.0199. The summed E-state index contributed by atoms with van der Waals surface area (Å²) < 4.78 is 8.93. The molecule has 0 saturated heterocycles. The first-order chi connectivity index (χ1) is 16.9. The van der Waals surface area contributed by atoms with Crippen molar-refractivity contribution in [2.75, 3.05) is 0 Å². The summed E-state index contributed by atoms with van der Waals surface area (Å²) in [7, 11) is -3.53.